The molecule has 1 aliphatic carbocycles. The van der Waals surface area contributed by atoms with E-state index in [1.807, 2.05) is 0 Å². The molecule has 1 saturated carbocycles. The molecule has 3 heterocycles. The van der Waals surface area contributed by atoms with Crippen LogP contribution in [0, 0.1) is 5.82 Å². The quantitative estimate of drug-likeness (QED) is 0.505. The molecular formula is C20H22FN7OS. The number of hydrogen-bond donors (Lipinski definition) is 3. The van der Waals surface area contributed by atoms with E-state index in [4.69, 9.17) is 5.73 Å². The van der Waals surface area contributed by atoms with Crippen molar-refractivity contribution >= 4 is 23.1 Å². The second-order valence-corrected chi connectivity index (χ2v) is 8.07. The Morgan fingerprint density at radius 3 is 2.77 bits per heavy atom. The fraction of sp³-hybridized carbons (Fsp3) is 0.350. The van der Waals surface area contributed by atoms with Crippen molar-refractivity contribution in [2.45, 2.75) is 24.7 Å². The Morgan fingerprint density at radius 2 is 2.10 bits per heavy atom. The summed E-state index contributed by atoms with van der Waals surface area (Å²) in [5, 5.41) is 16.5. The molecule has 4 rings (SSSR count). The van der Waals surface area contributed by atoms with Crippen molar-refractivity contribution in [3.63, 3.8) is 0 Å². The number of amides is 1. The van der Waals surface area contributed by atoms with Crippen molar-refractivity contribution in [3.05, 3.63) is 52.4 Å². The summed E-state index contributed by atoms with van der Waals surface area (Å²) in [7, 11) is 0. The molecular weight excluding hydrogens is 405 g/mol. The molecule has 0 aromatic carbocycles. The molecule has 0 atom stereocenters. The monoisotopic (exact) mass is 427 g/mol. The smallest absolute Gasteiger partial charge is 0.280 e. The standard InChI is InChI=1S/C20H22FN7OS/c21-13-3-1-9-23-17(13)20(6-2-7-20)12-25-16-5-4-14(27-28-16)15-11-30-19(26-15)18(29)24-10-8-22/h1,3-5,9,11H,2,6-8,10,12,22H2,(H,24,29)(H,25,28). The number of pyridine rings is 1. The molecule has 0 aliphatic heterocycles. The number of nitrogens with zero attached hydrogens (tertiary/aromatic N) is 4. The molecule has 3 aromatic heterocycles. The van der Waals surface area contributed by atoms with Gasteiger partial charge in [-0.15, -0.1) is 21.5 Å². The van der Waals surface area contributed by atoms with Gasteiger partial charge in [-0.1, -0.05) is 6.42 Å². The van der Waals surface area contributed by atoms with Crippen molar-refractivity contribution in [3.8, 4) is 11.4 Å². The first-order valence-corrected chi connectivity index (χ1v) is 10.6. The summed E-state index contributed by atoms with van der Waals surface area (Å²) in [5.74, 6) is 0.0725. The predicted molar refractivity (Wildman–Crippen MR) is 113 cm³/mol. The average Bonchev–Trinajstić information content (AvgIpc) is 3.23. The van der Waals surface area contributed by atoms with Crippen molar-refractivity contribution in [1.29, 1.82) is 0 Å². The van der Waals surface area contributed by atoms with Gasteiger partial charge in [-0.25, -0.2) is 9.37 Å². The second-order valence-electron chi connectivity index (χ2n) is 7.21. The minimum Gasteiger partial charge on any atom is -0.368 e. The van der Waals surface area contributed by atoms with Gasteiger partial charge >= 0.3 is 0 Å². The van der Waals surface area contributed by atoms with Gasteiger partial charge in [0, 0.05) is 36.6 Å². The molecule has 0 spiro atoms. The number of aromatic nitrogens is 4. The van der Waals surface area contributed by atoms with Gasteiger partial charge in [0.1, 0.15) is 23.0 Å². The minimum atomic E-state index is -0.313. The van der Waals surface area contributed by atoms with Gasteiger partial charge < -0.3 is 16.4 Å². The van der Waals surface area contributed by atoms with Crippen LogP contribution in [-0.4, -0.2) is 45.7 Å². The molecule has 0 saturated heterocycles. The molecule has 0 radical (unpaired) electrons. The molecule has 1 aliphatic rings. The van der Waals surface area contributed by atoms with Crippen molar-refractivity contribution in [2.24, 2.45) is 5.73 Å². The zero-order chi connectivity index (χ0) is 21.0. The Bertz CT molecular complexity index is 1020. The van der Waals surface area contributed by atoms with Crippen LogP contribution in [0.1, 0.15) is 34.8 Å². The number of rotatable bonds is 8. The topological polar surface area (TPSA) is 119 Å². The fourth-order valence-electron chi connectivity index (χ4n) is 3.46. The van der Waals surface area contributed by atoms with E-state index < -0.39 is 0 Å². The third-order valence-electron chi connectivity index (χ3n) is 5.23. The summed E-state index contributed by atoms with van der Waals surface area (Å²) >= 11 is 1.24. The third kappa shape index (κ3) is 4.14. The Kier molecular flexibility index (Phi) is 5.96. The van der Waals surface area contributed by atoms with Crippen LogP contribution in [0.3, 0.4) is 0 Å². The van der Waals surface area contributed by atoms with E-state index in [0.29, 0.717) is 47.5 Å². The van der Waals surface area contributed by atoms with Crippen LogP contribution >= 0.6 is 11.3 Å². The highest BCUT2D eigenvalue weighted by molar-refractivity contribution is 7.12. The lowest BCUT2D eigenvalue weighted by atomic mass is 9.66. The largest absolute Gasteiger partial charge is 0.368 e. The van der Waals surface area contributed by atoms with E-state index in [1.54, 1.807) is 29.8 Å². The highest BCUT2D eigenvalue weighted by Crippen LogP contribution is 2.43. The number of halogens is 1. The lowest BCUT2D eigenvalue weighted by molar-refractivity contribution is 0.0954. The number of hydrogen-bond acceptors (Lipinski definition) is 8. The first-order valence-electron chi connectivity index (χ1n) is 9.74. The van der Waals surface area contributed by atoms with E-state index in [-0.39, 0.29) is 17.1 Å². The number of carbonyl (C=O) groups is 1. The minimum absolute atomic E-state index is 0.254. The van der Waals surface area contributed by atoms with Gasteiger partial charge in [-0.3, -0.25) is 9.78 Å². The molecule has 0 unspecified atom stereocenters. The molecule has 1 fully saturated rings. The van der Waals surface area contributed by atoms with Crippen LogP contribution in [0.2, 0.25) is 0 Å². The maximum absolute atomic E-state index is 14.2. The van der Waals surface area contributed by atoms with Gasteiger partial charge in [0.25, 0.3) is 5.91 Å². The summed E-state index contributed by atoms with van der Waals surface area (Å²) in [6.45, 7) is 1.31. The van der Waals surface area contributed by atoms with Crippen molar-refractivity contribution < 1.29 is 9.18 Å². The molecule has 0 bridgehead atoms. The van der Waals surface area contributed by atoms with Crippen LogP contribution in [0.5, 0.6) is 0 Å². The molecule has 10 heteroatoms. The maximum Gasteiger partial charge on any atom is 0.280 e. The van der Waals surface area contributed by atoms with Crippen molar-refractivity contribution in [2.75, 3.05) is 25.0 Å². The summed E-state index contributed by atoms with van der Waals surface area (Å²) in [6.07, 6.45) is 4.44. The molecule has 1 amide bonds. The van der Waals surface area contributed by atoms with E-state index in [1.165, 1.54) is 17.4 Å². The predicted octanol–water partition coefficient (Wildman–Crippen LogP) is 2.36. The molecule has 8 nitrogen and oxygen atoms in total. The number of nitrogens with one attached hydrogen (secondary N) is 2. The second kappa shape index (κ2) is 8.80. The van der Waals surface area contributed by atoms with Crippen LogP contribution in [0.4, 0.5) is 10.2 Å². The molecule has 3 aromatic rings. The molecule has 156 valence electrons. The van der Waals surface area contributed by atoms with Crippen LogP contribution < -0.4 is 16.4 Å². The Hall–Kier alpha value is -2.98. The lowest BCUT2D eigenvalue weighted by Crippen LogP contribution is -2.42. The van der Waals surface area contributed by atoms with E-state index in [0.717, 1.165) is 19.3 Å². The Labute approximate surface area is 177 Å². The summed E-state index contributed by atoms with van der Waals surface area (Å²) in [4.78, 5) is 20.5. The van der Waals surface area contributed by atoms with E-state index in [2.05, 4.69) is 30.8 Å². The SMILES string of the molecule is NCCNC(=O)c1nc(-c2ccc(NCC3(c4ncccc4F)CCC3)nn2)cs1. The molecule has 30 heavy (non-hydrogen) atoms. The molecule has 4 N–H and O–H groups in total. The van der Waals surface area contributed by atoms with E-state index >= 15 is 0 Å². The average molecular weight is 428 g/mol. The highest BCUT2D eigenvalue weighted by atomic mass is 32.1. The normalized spacial score (nSPS) is 14.7. The van der Waals surface area contributed by atoms with Gasteiger partial charge in [0.15, 0.2) is 5.01 Å². The number of carbonyl (C=O) groups excluding carboxylic acids is 1. The fourth-order valence-corrected chi connectivity index (χ4v) is 4.18. The van der Waals surface area contributed by atoms with E-state index in [9.17, 15) is 9.18 Å². The zero-order valence-electron chi connectivity index (χ0n) is 16.3. The summed E-state index contributed by atoms with van der Waals surface area (Å²) < 4.78 is 14.2. The Morgan fingerprint density at radius 1 is 1.23 bits per heavy atom. The first-order chi connectivity index (χ1) is 14.6. The van der Waals surface area contributed by atoms with Gasteiger partial charge in [-0.05, 0) is 37.1 Å². The van der Waals surface area contributed by atoms with Gasteiger partial charge in [0.05, 0.1) is 5.69 Å². The summed E-state index contributed by atoms with van der Waals surface area (Å²) in [6, 6.07) is 6.65. The maximum atomic E-state index is 14.2. The summed E-state index contributed by atoms with van der Waals surface area (Å²) in [5.41, 5.74) is 6.75. The lowest BCUT2D eigenvalue weighted by Gasteiger charge is -2.41. The van der Waals surface area contributed by atoms with Crippen LogP contribution in [-0.2, 0) is 5.41 Å². The van der Waals surface area contributed by atoms with Gasteiger partial charge in [-0.2, -0.15) is 0 Å². The first kappa shape index (κ1) is 20.3. The zero-order valence-corrected chi connectivity index (χ0v) is 17.1. The number of nitrogens with two attached hydrogens (primary N) is 1. The van der Waals surface area contributed by atoms with Crippen molar-refractivity contribution in [1.82, 2.24) is 25.5 Å². The highest BCUT2D eigenvalue weighted by Gasteiger charge is 2.41. The van der Waals surface area contributed by atoms with Gasteiger partial charge in [0.2, 0.25) is 0 Å². The number of anilines is 1. The Balaban J connectivity index is 1.41. The van der Waals surface area contributed by atoms with Crippen LogP contribution in [0.15, 0.2) is 35.8 Å². The third-order valence-corrected chi connectivity index (χ3v) is 6.08. The number of thiazole rings is 1. The van der Waals surface area contributed by atoms with Crippen LogP contribution in [0.25, 0.3) is 11.4 Å².